The lowest BCUT2D eigenvalue weighted by Gasteiger charge is -2.14. The van der Waals surface area contributed by atoms with Gasteiger partial charge in [-0.05, 0) is 24.3 Å². The molecule has 0 spiro atoms. The fourth-order valence-corrected chi connectivity index (χ4v) is 2.56. The molecule has 6 heteroatoms. The molecule has 0 saturated heterocycles. The molecule has 0 bridgehead atoms. The van der Waals surface area contributed by atoms with E-state index >= 15 is 0 Å². The van der Waals surface area contributed by atoms with Crippen LogP contribution in [0.3, 0.4) is 0 Å². The first-order valence-electron chi connectivity index (χ1n) is 6.35. The van der Waals surface area contributed by atoms with Gasteiger partial charge in [-0.3, -0.25) is 0 Å². The average molecular weight is 328 g/mol. The highest BCUT2D eigenvalue weighted by atomic mass is 35.5. The van der Waals surface area contributed by atoms with E-state index in [2.05, 4.69) is 0 Å². The molecule has 0 aliphatic carbocycles. The minimum absolute atomic E-state index is 0.185. The Bertz CT molecular complexity index is 694. The van der Waals surface area contributed by atoms with Crippen molar-refractivity contribution >= 4 is 28.9 Å². The fraction of sp³-hybridized carbons (Fsp3) is 0.200. The summed E-state index contributed by atoms with van der Waals surface area (Å²) in [5, 5.41) is 0.750. The predicted molar refractivity (Wildman–Crippen MR) is 80.9 cm³/mol. The molecule has 0 saturated carbocycles. The third-order valence-electron chi connectivity index (χ3n) is 3.24. The Labute approximate surface area is 131 Å². The van der Waals surface area contributed by atoms with Gasteiger partial charge in [0.1, 0.15) is 30.0 Å². The van der Waals surface area contributed by atoms with Crippen LogP contribution in [0.2, 0.25) is 10.0 Å². The second kappa shape index (κ2) is 5.62. The Balaban J connectivity index is 1.66. The number of rotatable bonds is 3. The van der Waals surface area contributed by atoms with Gasteiger partial charge < -0.3 is 15.2 Å². The first-order chi connectivity index (χ1) is 10.0. The Hall–Kier alpha value is -1.65. The Morgan fingerprint density at radius 3 is 2.81 bits per heavy atom. The Kier molecular flexibility index (Phi) is 3.83. The van der Waals surface area contributed by atoms with Crippen LogP contribution < -0.4 is 15.2 Å². The number of hydrogen-bond acceptors (Lipinski definition) is 3. The molecule has 3 nitrogen and oxygen atoms in total. The second-order valence-electron chi connectivity index (χ2n) is 4.81. The number of nitrogen functional groups attached to an aromatic ring is 1. The molecule has 110 valence electrons. The summed E-state index contributed by atoms with van der Waals surface area (Å²) in [5.41, 5.74) is 7.07. The molecule has 1 heterocycles. The number of hydrogen-bond donors (Lipinski definition) is 1. The Morgan fingerprint density at radius 2 is 2.00 bits per heavy atom. The van der Waals surface area contributed by atoms with Crippen molar-refractivity contribution in [1.29, 1.82) is 0 Å². The smallest absolute Gasteiger partial charge is 0.143 e. The normalized spacial score (nSPS) is 16.4. The van der Waals surface area contributed by atoms with Crippen molar-refractivity contribution in [3.05, 3.63) is 51.8 Å². The quantitative estimate of drug-likeness (QED) is 0.863. The molecule has 0 aromatic heterocycles. The highest BCUT2D eigenvalue weighted by Gasteiger charge is 2.24. The third kappa shape index (κ3) is 3.01. The topological polar surface area (TPSA) is 44.5 Å². The summed E-state index contributed by atoms with van der Waals surface area (Å²) in [7, 11) is 0. The highest BCUT2D eigenvalue weighted by Crippen LogP contribution is 2.33. The maximum absolute atomic E-state index is 13.1. The van der Waals surface area contributed by atoms with Crippen molar-refractivity contribution in [2.24, 2.45) is 0 Å². The molecule has 1 aliphatic rings. The number of fused-ring (bicyclic) bond motifs is 1. The Morgan fingerprint density at radius 1 is 1.24 bits per heavy atom. The van der Waals surface area contributed by atoms with Crippen LogP contribution in [0.15, 0.2) is 30.3 Å². The van der Waals surface area contributed by atoms with Gasteiger partial charge >= 0.3 is 0 Å². The second-order valence-corrected chi connectivity index (χ2v) is 5.63. The number of nitrogens with two attached hydrogens (primary N) is 1. The number of ether oxygens (including phenoxy) is 2. The number of anilines is 1. The molecule has 0 amide bonds. The third-order valence-corrected chi connectivity index (χ3v) is 3.96. The van der Waals surface area contributed by atoms with E-state index in [1.165, 1.54) is 12.1 Å². The molecular weight excluding hydrogens is 316 g/mol. The number of halogens is 3. The van der Waals surface area contributed by atoms with Gasteiger partial charge in [0.25, 0.3) is 0 Å². The zero-order valence-corrected chi connectivity index (χ0v) is 12.4. The first kappa shape index (κ1) is 14.3. The predicted octanol–water partition coefficient (Wildman–Crippen LogP) is 4.10. The largest absolute Gasteiger partial charge is 0.487 e. The highest BCUT2D eigenvalue weighted by molar-refractivity contribution is 6.42. The van der Waals surface area contributed by atoms with Crippen LogP contribution in [0, 0.1) is 5.82 Å². The lowest BCUT2D eigenvalue weighted by Crippen LogP contribution is -2.22. The van der Waals surface area contributed by atoms with Gasteiger partial charge in [-0.15, -0.1) is 0 Å². The molecule has 2 aromatic rings. The average Bonchev–Trinajstić information content (AvgIpc) is 2.83. The molecule has 21 heavy (non-hydrogen) atoms. The minimum atomic E-state index is -0.271. The van der Waals surface area contributed by atoms with Crippen LogP contribution in [0.5, 0.6) is 11.5 Å². The molecule has 1 aliphatic heterocycles. The van der Waals surface area contributed by atoms with Gasteiger partial charge in [0.2, 0.25) is 0 Å². The summed E-state index contributed by atoms with van der Waals surface area (Å²) in [6.07, 6.45) is 0.407. The van der Waals surface area contributed by atoms with Gasteiger partial charge in [-0.25, -0.2) is 4.39 Å². The summed E-state index contributed by atoms with van der Waals surface area (Å²) in [5.74, 6) is 0.870. The molecule has 0 radical (unpaired) electrons. The van der Waals surface area contributed by atoms with Crippen LogP contribution in [0.1, 0.15) is 5.56 Å². The molecule has 2 aromatic carbocycles. The summed E-state index contributed by atoms with van der Waals surface area (Å²) >= 11 is 11.8. The van der Waals surface area contributed by atoms with E-state index in [0.29, 0.717) is 40.3 Å². The standard InChI is InChI=1S/C15H12Cl2FNO2/c16-11-5-13(19)15(6-12(11)17)20-7-10-4-8-3-9(18)1-2-14(8)21-10/h1-3,5-6,10H,4,7,19H2. The van der Waals surface area contributed by atoms with Crippen LogP contribution in [0.4, 0.5) is 10.1 Å². The molecule has 0 fully saturated rings. The van der Waals surface area contributed by atoms with Crippen LogP contribution in [-0.2, 0) is 6.42 Å². The van der Waals surface area contributed by atoms with E-state index in [1.54, 1.807) is 18.2 Å². The van der Waals surface area contributed by atoms with Crippen molar-refractivity contribution < 1.29 is 13.9 Å². The molecule has 1 unspecified atom stereocenters. The van der Waals surface area contributed by atoms with Gasteiger partial charge in [0.15, 0.2) is 0 Å². The van der Waals surface area contributed by atoms with E-state index in [-0.39, 0.29) is 11.9 Å². The zero-order chi connectivity index (χ0) is 15.0. The maximum atomic E-state index is 13.1. The van der Waals surface area contributed by atoms with E-state index in [4.69, 9.17) is 38.4 Å². The monoisotopic (exact) mass is 327 g/mol. The summed E-state index contributed by atoms with van der Waals surface area (Å²) in [6.45, 7) is 0.290. The number of benzene rings is 2. The van der Waals surface area contributed by atoms with Crippen LogP contribution >= 0.6 is 23.2 Å². The lowest BCUT2D eigenvalue weighted by atomic mass is 10.1. The summed E-state index contributed by atoms with van der Waals surface area (Å²) in [6, 6.07) is 7.58. The first-order valence-corrected chi connectivity index (χ1v) is 7.11. The van der Waals surface area contributed by atoms with E-state index in [0.717, 1.165) is 5.56 Å². The van der Waals surface area contributed by atoms with Gasteiger partial charge in [0, 0.05) is 18.1 Å². The molecule has 2 N–H and O–H groups in total. The van der Waals surface area contributed by atoms with Gasteiger partial charge in [-0.1, -0.05) is 23.2 Å². The van der Waals surface area contributed by atoms with E-state index in [9.17, 15) is 4.39 Å². The van der Waals surface area contributed by atoms with Crippen LogP contribution in [0.25, 0.3) is 0 Å². The van der Waals surface area contributed by atoms with Crippen molar-refractivity contribution in [3.8, 4) is 11.5 Å². The minimum Gasteiger partial charge on any atom is -0.487 e. The van der Waals surface area contributed by atoms with E-state index in [1.807, 2.05) is 0 Å². The maximum Gasteiger partial charge on any atom is 0.143 e. The molecule has 3 rings (SSSR count). The lowest BCUT2D eigenvalue weighted by molar-refractivity contribution is 0.149. The van der Waals surface area contributed by atoms with Gasteiger partial charge in [-0.2, -0.15) is 0 Å². The summed E-state index contributed by atoms with van der Waals surface area (Å²) < 4.78 is 24.5. The van der Waals surface area contributed by atoms with Crippen molar-refractivity contribution in [3.63, 3.8) is 0 Å². The van der Waals surface area contributed by atoms with Crippen molar-refractivity contribution in [1.82, 2.24) is 0 Å². The van der Waals surface area contributed by atoms with Crippen molar-refractivity contribution in [2.75, 3.05) is 12.3 Å². The van der Waals surface area contributed by atoms with E-state index < -0.39 is 0 Å². The molecular formula is C15H12Cl2FNO2. The van der Waals surface area contributed by atoms with Crippen molar-refractivity contribution in [2.45, 2.75) is 12.5 Å². The molecule has 1 atom stereocenters. The van der Waals surface area contributed by atoms with Gasteiger partial charge in [0.05, 0.1) is 15.7 Å². The summed E-state index contributed by atoms with van der Waals surface area (Å²) in [4.78, 5) is 0. The fourth-order valence-electron chi connectivity index (χ4n) is 2.23. The van der Waals surface area contributed by atoms with Crippen LogP contribution in [-0.4, -0.2) is 12.7 Å². The SMILES string of the molecule is Nc1cc(Cl)c(Cl)cc1OCC1Cc2cc(F)ccc2O1. The zero-order valence-electron chi connectivity index (χ0n) is 10.9.